The number of aliphatic imine (C=N–C) groups is 1. The zero-order chi connectivity index (χ0) is 10.3. The first-order chi connectivity index (χ1) is 6.07. The largest absolute Gasteiger partial charge is 0.475 e. The number of hydrogen-bond acceptors (Lipinski definition) is 3. The smallest absolute Gasteiger partial charge is 0.378 e. The molecule has 0 aliphatic carbocycles. The van der Waals surface area contributed by atoms with E-state index in [9.17, 15) is 9.59 Å². The van der Waals surface area contributed by atoms with E-state index in [0.717, 1.165) is 25.5 Å². The lowest BCUT2D eigenvalue weighted by atomic mass is 10.1. The average molecular weight is 185 g/mol. The van der Waals surface area contributed by atoms with E-state index in [1.54, 1.807) is 0 Å². The van der Waals surface area contributed by atoms with Crippen molar-refractivity contribution in [2.24, 2.45) is 4.99 Å². The van der Waals surface area contributed by atoms with Gasteiger partial charge in [0.25, 0.3) is 5.78 Å². The van der Waals surface area contributed by atoms with Gasteiger partial charge in [0.05, 0.1) is 6.21 Å². The second kappa shape index (κ2) is 6.34. The van der Waals surface area contributed by atoms with Crippen molar-refractivity contribution in [3.05, 3.63) is 0 Å². The summed E-state index contributed by atoms with van der Waals surface area (Å²) in [6, 6.07) is 0.0308. The van der Waals surface area contributed by atoms with Gasteiger partial charge < -0.3 is 5.11 Å². The predicted octanol–water partition coefficient (Wildman–Crippen LogP) is 1.29. The van der Waals surface area contributed by atoms with E-state index >= 15 is 0 Å². The number of nitrogens with zero attached hydrogens (tertiary/aromatic N) is 1. The molecule has 13 heavy (non-hydrogen) atoms. The summed E-state index contributed by atoms with van der Waals surface area (Å²) in [6.45, 7) is 3.93. The molecule has 0 aromatic rings. The third-order valence-corrected chi connectivity index (χ3v) is 1.63. The second-order valence-electron chi connectivity index (χ2n) is 2.94. The highest BCUT2D eigenvalue weighted by atomic mass is 16.4. The number of ketones is 1. The summed E-state index contributed by atoms with van der Waals surface area (Å²) in [5.41, 5.74) is 0. The number of rotatable bonds is 6. The summed E-state index contributed by atoms with van der Waals surface area (Å²) in [5.74, 6) is -2.41. The maximum absolute atomic E-state index is 10.6. The normalized spacial score (nSPS) is 13.1. The van der Waals surface area contributed by atoms with Crippen molar-refractivity contribution < 1.29 is 14.7 Å². The molecular formula is C9H15NO3. The summed E-state index contributed by atoms with van der Waals surface area (Å²) in [7, 11) is 0. The average Bonchev–Trinajstić information content (AvgIpc) is 2.10. The molecule has 1 atom stereocenters. The summed E-state index contributed by atoms with van der Waals surface area (Å²) >= 11 is 0. The van der Waals surface area contributed by atoms with Gasteiger partial charge in [0, 0.05) is 6.04 Å². The molecule has 0 amide bonds. The van der Waals surface area contributed by atoms with Crippen molar-refractivity contribution >= 4 is 18.0 Å². The third-order valence-electron chi connectivity index (χ3n) is 1.63. The molecule has 0 spiro atoms. The Morgan fingerprint density at radius 3 is 2.62 bits per heavy atom. The maximum atomic E-state index is 10.6. The fraction of sp³-hybridized carbons (Fsp3) is 0.667. The number of carboxylic acids is 1. The fourth-order valence-electron chi connectivity index (χ4n) is 0.824. The Morgan fingerprint density at radius 1 is 1.54 bits per heavy atom. The van der Waals surface area contributed by atoms with Gasteiger partial charge in [0.2, 0.25) is 0 Å². The van der Waals surface area contributed by atoms with Gasteiger partial charge in [-0.2, -0.15) is 0 Å². The molecule has 4 heteroatoms. The Labute approximate surface area is 77.7 Å². The summed E-state index contributed by atoms with van der Waals surface area (Å²) < 4.78 is 0. The Morgan fingerprint density at radius 2 is 2.15 bits per heavy atom. The molecule has 0 saturated carbocycles. The first kappa shape index (κ1) is 11.8. The number of unbranched alkanes of at least 4 members (excludes halogenated alkanes) is 1. The number of carbonyl (C=O) groups is 2. The lowest BCUT2D eigenvalue weighted by molar-refractivity contribution is -0.145. The van der Waals surface area contributed by atoms with Crippen molar-refractivity contribution in [2.75, 3.05) is 0 Å². The minimum absolute atomic E-state index is 0.0308. The second-order valence-corrected chi connectivity index (χ2v) is 2.94. The zero-order valence-electron chi connectivity index (χ0n) is 7.99. The van der Waals surface area contributed by atoms with Gasteiger partial charge in [-0.1, -0.05) is 19.8 Å². The van der Waals surface area contributed by atoms with Gasteiger partial charge in [0.1, 0.15) is 0 Å². The standard InChI is InChI=1S/C9H15NO3/c1-3-4-5-7(2)10-6-8(11)9(12)13/h6-7H,3-5H2,1-2H3,(H,12,13). The SMILES string of the molecule is CCCCC(C)N=CC(=O)C(=O)O. The highest BCUT2D eigenvalue weighted by molar-refractivity contribution is 6.56. The Kier molecular flexibility index (Phi) is 5.76. The molecule has 0 radical (unpaired) electrons. The molecule has 0 rings (SSSR count). The monoisotopic (exact) mass is 185 g/mol. The molecule has 0 aromatic heterocycles. The van der Waals surface area contributed by atoms with E-state index in [1.807, 2.05) is 6.92 Å². The third kappa shape index (κ3) is 6.02. The molecule has 0 bridgehead atoms. The van der Waals surface area contributed by atoms with Crippen LogP contribution in [0.5, 0.6) is 0 Å². The Balaban J connectivity index is 3.82. The van der Waals surface area contributed by atoms with Crippen LogP contribution in [-0.2, 0) is 9.59 Å². The van der Waals surface area contributed by atoms with E-state index in [-0.39, 0.29) is 6.04 Å². The van der Waals surface area contributed by atoms with Gasteiger partial charge in [-0.05, 0) is 13.3 Å². The molecule has 0 fully saturated rings. The summed E-state index contributed by atoms with van der Waals surface area (Å²) in [4.78, 5) is 24.5. The predicted molar refractivity (Wildman–Crippen MR) is 50.1 cm³/mol. The quantitative estimate of drug-likeness (QED) is 0.501. The molecular weight excluding hydrogens is 170 g/mol. The van der Waals surface area contributed by atoms with Crippen LogP contribution in [0.3, 0.4) is 0 Å². The molecule has 1 N–H and O–H groups in total. The number of carbonyl (C=O) groups excluding carboxylic acids is 1. The first-order valence-electron chi connectivity index (χ1n) is 4.38. The van der Waals surface area contributed by atoms with Gasteiger partial charge in [0.15, 0.2) is 0 Å². The number of hydrogen-bond donors (Lipinski definition) is 1. The van der Waals surface area contributed by atoms with Crippen LogP contribution in [0.15, 0.2) is 4.99 Å². The maximum Gasteiger partial charge on any atom is 0.378 e. The van der Waals surface area contributed by atoms with Crippen molar-refractivity contribution in [1.82, 2.24) is 0 Å². The van der Waals surface area contributed by atoms with Crippen LogP contribution >= 0.6 is 0 Å². The van der Waals surface area contributed by atoms with Crippen LogP contribution in [-0.4, -0.2) is 29.1 Å². The molecule has 0 aromatic carbocycles. The zero-order valence-corrected chi connectivity index (χ0v) is 7.99. The van der Waals surface area contributed by atoms with Crippen molar-refractivity contribution in [3.63, 3.8) is 0 Å². The van der Waals surface area contributed by atoms with E-state index in [4.69, 9.17) is 5.11 Å². The molecule has 0 aliphatic rings. The molecule has 0 saturated heterocycles. The number of carboxylic acid groups (broad SMARTS) is 1. The lowest BCUT2D eigenvalue weighted by Gasteiger charge is -2.02. The van der Waals surface area contributed by atoms with Crippen LogP contribution in [0, 0.1) is 0 Å². The van der Waals surface area contributed by atoms with Crippen molar-refractivity contribution in [2.45, 2.75) is 39.2 Å². The first-order valence-corrected chi connectivity index (χ1v) is 4.38. The topological polar surface area (TPSA) is 66.7 Å². The van der Waals surface area contributed by atoms with E-state index in [0.29, 0.717) is 0 Å². The van der Waals surface area contributed by atoms with Crippen molar-refractivity contribution in [3.8, 4) is 0 Å². The molecule has 0 heterocycles. The minimum atomic E-state index is -1.45. The lowest BCUT2D eigenvalue weighted by Crippen LogP contribution is -2.14. The van der Waals surface area contributed by atoms with Crippen LogP contribution in [0.25, 0.3) is 0 Å². The molecule has 74 valence electrons. The van der Waals surface area contributed by atoms with Gasteiger partial charge in [-0.15, -0.1) is 0 Å². The molecule has 0 aliphatic heterocycles. The minimum Gasteiger partial charge on any atom is -0.475 e. The number of Topliss-reactive ketones (excluding diaryl/α,β-unsaturated/α-hetero) is 1. The van der Waals surface area contributed by atoms with Gasteiger partial charge >= 0.3 is 5.97 Å². The van der Waals surface area contributed by atoms with E-state index < -0.39 is 11.8 Å². The van der Waals surface area contributed by atoms with Crippen LogP contribution in [0.2, 0.25) is 0 Å². The van der Waals surface area contributed by atoms with Crippen LogP contribution in [0.4, 0.5) is 0 Å². The Bertz CT molecular complexity index is 211. The van der Waals surface area contributed by atoms with E-state index in [2.05, 4.69) is 11.9 Å². The molecule has 4 nitrogen and oxygen atoms in total. The fourth-order valence-corrected chi connectivity index (χ4v) is 0.824. The summed E-state index contributed by atoms with van der Waals surface area (Å²) in [5, 5.41) is 8.23. The molecule has 1 unspecified atom stereocenters. The van der Waals surface area contributed by atoms with Crippen LogP contribution < -0.4 is 0 Å². The Hall–Kier alpha value is -1.19. The van der Waals surface area contributed by atoms with Gasteiger partial charge in [-0.25, -0.2) is 4.79 Å². The highest BCUT2D eigenvalue weighted by Gasteiger charge is 2.07. The summed E-state index contributed by atoms with van der Waals surface area (Å²) in [6.07, 6.45) is 3.90. The van der Waals surface area contributed by atoms with E-state index in [1.165, 1.54) is 0 Å². The number of aliphatic carboxylic acids is 1. The highest BCUT2D eigenvalue weighted by Crippen LogP contribution is 2.02. The van der Waals surface area contributed by atoms with Crippen molar-refractivity contribution in [1.29, 1.82) is 0 Å². The van der Waals surface area contributed by atoms with Gasteiger partial charge in [-0.3, -0.25) is 9.79 Å². The van der Waals surface area contributed by atoms with Crippen LogP contribution in [0.1, 0.15) is 33.1 Å².